The van der Waals surface area contributed by atoms with E-state index < -0.39 is 0 Å². The van der Waals surface area contributed by atoms with Crippen LogP contribution < -0.4 is 0 Å². The summed E-state index contributed by atoms with van der Waals surface area (Å²) in [6.07, 6.45) is 21.8. The number of rotatable bonds is 18. The van der Waals surface area contributed by atoms with E-state index in [9.17, 15) is 0 Å². The maximum atomic E-state index is 4.93. The van der Waals surface area contributed by atoms with Crippen LogP contribution in [0, 0.1) is 6.07 Å². The van der Waals surface area contributed by atoms with E-state index in [0.717, 1.165) is 41.3 Å². The predicted octanol–water partition coefficient (Wildman–Crippen LogP) is 11.3. The average molecular weight is 794 g/mol. The molecular formula is C41H53IrN4-. The number of aromatic nitrogens is 4. The first-order valence-corrected chi connectivity index (χ1v) is 18.0. The van der Waals surface area contributed by atoms with E-state index in [-0.39, 0.29) is 25.5 Å². The van der Waals surface area contributed by atoms with Crippen LogP contribution >= 0.6 is 0 Å². The molecule has 4 nitrogen and oxygen atoms in total. The van der Waals surface area contributed by atoms with Gasteiger partial charge in [0.25, 0.3) is 0 Å². The Kier molecular flexibility index (Phi) is 14.1. The maximum Gasteiger partial charge on any atom is 0.164 e. The van der Waals surface area contributed by atoms with Gasteiger partial charge in [0, 0.05) is 50.1 Å². The molecule has 5 rings (SSSR count). The summed E-state index contributed by atoms with van der Waals surface area (Å²) in [4.78, 5) is 18.9. The standard InChI is InChI=1S/C41H53N4.Ir/c1-5-9-11-13-15-19-27-41(28-20-16-14-12-10-6-2)35-22-18-17-21-33(35)34-25-23-31(29-36(34)41)37-26-24-32(30-42-37)40-44-38(7-3)43-39(8-4)45-40;/h17-18,21-22,24-26,29-30H,5-16,19-20,27-28H2,1-4H3;/q-1;. The van der Waals surface area contributed by atoms with Crippen molar-refractivity contribution in [3.05, 3.63) is 83.6 Å². The SMILES string of the molecule is CCCCCCCCC1(CCCCCCCC)c2ccccc2-c2c[c-]c(-c3ccc(-c4nc(CC)nc(CC)n4)cn3)cc21.[Ir]. The van der Waals surface area contributed by atoms with Crippen molar-refractivity contribution in [1.82, 2.24) is 19.9 Å². The third-order valence-electron chi connectivity index (χ3n) is 9.77. The van der Waals surface area contributed by atoms with Crippen LogP contribution in [0.4, 0.5) is 0 Å². The van der Waals surface area contributed by atoms with Crippen molar-refractivity contribution in [2.45, 2.75) is 136 Å². The van der Waals surface area contributed by atoms with Crippen LogP contribution in [-0.4, -0.2) is 19.9 Å². The summed E-state index contributed by atoms with van der Waals surface area (Å²) in [5.74, 6) is 2.38. The minimum Gasteiger partial charge on any atom is -0.304 e. The topological polar surface area (TPSA) is 51.6 Å². The second-order valence-corrected chi connectivity index (χ2v) is 13.0. The van der Waals surface area contributed by atoms with E-state index in [2.05, 4.69) is 87.3 Å². The zero-order valence-corrected chi connectivity index (χ0v) is 31.0. The Bertz CT molecular complexity index is 1480. The van der Waals surface area contributed by atoms with E-state index in [0.29, 0.717) is 5.82 Å². The molecule has 46 heavy (non-hydrogen) atoms. The number of benzene rings is 2. The van der Waals surface area contributed by atoms with Gasteiger partial charge >= 0.3 is 0 Å². The summed E-state index contributed by atoms with van der Waals surface area (Å²) >= 11 is 0. The van der Waals surface area contributed by atoms with E-state index in [1.54, 1.807) is 0 Å². The van der Waals surface area contributed by atoms with Gasteiger partial charge in [-0.2, -0.15) is 0 Å². The predicted molar refractivity (Wildman–Crippen MR) is 188 cm³/mol. The van der Waals surface area contributed by atoms with Gasteiger partial charge in [0.1, 0.15) is 11.6 Å². The zero-order chi connectivity index (χ0) is 31.5. The van der Waals surface area contributed by atoms with Crippen molar-refractivity contribution < 1.29 is 20.1 Å². The number of hydrogen-bond donors (Lipinski definition) is 0. The summed E-state index contributed by atoms with van der Waals surface area (Å²) in [6.45, 7) is 8.77. The molecule has 0 spiro atoms. The molecule has 4 aromatic rings. The molecule has 2 aromatic heterocycles. The van der Waals surface area contributed by atoms with Gasteiger partial charge in [-0.15, -0.1) is 29.3 Å². The summed E-state index contributed by atoms with van der Waals surface area (Å²) in [5.41, 5.74) is 8.81. The minimum atomic E-state index is 0. The van der Waals surface area contributed by atoms with Crippen molar-refractivity contribution in [2.24, 2.45) is 0 Å². The number of pyridine rings is 1. The number of fused-ring (bicyclic) bond motifs is 3. The molecule has 5 heteroatoms. The Morgan fingerprint density at radius 1 is 0.630 bits per heavy atom. The average Bonchev–Trinajstić information content (AvgIpc) is 3.36. The van der Waals surface area contributed by atoms with Gasteiger partial charge in [-0.1, -0.05) is 152 Å². The molecule has 0 saturated carbocycles. The summed E-state index contributed by atoms with van der Waals surface area (Å²) in [5, 5.41) is 0. The van der Waals surface area contributed by atoms with E-state index in [1.807, 2.05) is 6.20 Å². The van der Waals surface area contributed by atoms with E-state index >= 15 is 0 Å². The van der Waals surface area contributed by atoms with Crippen molar-refractivity contribution in [1.29, 1.82) is 0 Å². The monoisotopic (exact) mass is 794 g/mol. The van der Waals surface area contributed by atoms with Gasteiger partial charge in [-0.05, 0) is 24.1 Å². The molecule has 0 amide bonds. The molecule has 1 aliphatic rings. The molecule has 0 atom stereocenters. The first kappa shape index (κ1) is 36.1. The van der Waals surface area contributed by atoms with Crippen molar-refractivity contribution in [3.8, 4) is 33.8 Å². The molecule has 0 aliphatic heterocycles. The van der Waals surface area contributed by atoms with Crippen LogP contribution in [0.15, 0.2) is 54.7 Å². The molecule has 0 saturated heterocycles. The Balaban J connectivity index is 0.00000480. The number of aryl methyl sites for hydroxylation is 2. The van der Waals surface area contributed by atoms with Gasteiger partial charge in [-0.25, -0.2) is 15.0 Å². The third-order valence-corrected chi connectivity index (χ3v) is 9.77. The fraction of sp³-hybridized carbons (Fsp3) is 0.512. The molecule has 1 radical (unpaired) electrons. The molecule has 2 heterocycles. The first-order chi connectivity index (χ1) is 22.1. The maximum absolute atomic E-state index is 4.93. The summed E-state index contributed by atoms with van der Waals surface area (Å²) < 4.78 is 0. The second-order valence-electron chi connectivity index (χ2n) is 13.0. The quantitative estimate of drug-likeness (QED) is 0.0744. The molecule has 0 fully saturated rings. The summed E-state index contributed by atoms with van der Waals surface area (Å²) in [7, 11) is 0. The first-order valence-electron chi connectivity index (χ1n) is 18.0. The van der Waals surface area contributed by atoms with Crippen LogP contribution in [0.25, 0.3) is 33.8 Å². The molecule has 2 aromatic carbocycles. The van der Waals surface area contributed by atoms with Gasteiger partial charge < -0.3 is 4.98 Å². The van der Waals surface area contributed by atoms with Crippen LogP contribution in [0.1, 0.15) is 140 Å². The van der Waals surface area contributed by atoms with E-state index in [1.165, 1.54) is 112 Å². The number of hydrogen-bond acceptors (Lipinski definition) is 4. The van der Waals surface area contributed by atoms with E-state index in [4.69, 9.17) is 15.0 Å². The Labute approximate surface area is 292 Å². The smallest absolute Gasteiger partial charge is 0.164 e. The van der Waals surface area contributed by atoms with Crippen LogP contribution in [0.3, 0.4) is 0 Å². The van der Waals surface area contributed by atoms with Gasteiger partial charge in [0.05, 0.1) is 0 Å². The summed E-state index contributed by atoms with van der Waals surface area (Å²) in [6, 6.07) is 21.7. The minimum absolute atomic E-state index is 0. The molecule has 247 valence electrons. The molecule has 0 bridgehead atoms. The fourth-order valence-electron chi connectivity index (χ4n) is 7.22. The molecule has 1 aliphatic carbocycles. The van der Waals surface area contributed by atoms with Crippen LogP contribution in [-0.2, 0) is 38.4 Å². The Morgan fingerprint density at radius 2 is 1.24 bits per heavy atom. The van der Waals surface area contributed by atoms with Gasteiger partial charge in [0.2, 0.25) is 0 Å². The van der Waals surface area contributed by atoms with Crippen molar-refractivity contribution >= 4 is 0 Å². The zero-order valence-electron chi connectivity index (χ0n) is 28.6. The largest absolute Gasteiger partial charge is 0.304 e. The second kappa shape index (κ2) is 18.0. The normalized spacial score (nSPS) is 12.9. The Hall–Kier alpha value is -2.75. The fourth-order valence-corrected chi connectivity index (χ4v) is 7.22. The van der Waals surface area contributed by atoms with Crippen molar-refractivity contribution in [3.63, 3.8) is 0 Å². The van der Waals surface area contributed by atoms with Crippen molar-refractivity contribution in [2.75, 3.05) is 0 Å². The Morgan fingerprint density at radius 3 is 1.83 bits per heavy atom. The number of nitrogens with zero attached hydrogens (tertiary/aromatic N) is 4. The molecular weight excluding hydrogens is 741 g/mol. The molecule has 0 unspecified atom stereocenters. The van der Waals surface area contributed by atoms with Crippen LogP contribution in [0.5, 0.6) is 0 Å². The third kappa shape index (κ3) is 8.39. The van der Waals surface area contributed by atoms with Crippen LogP contribution in [0.2, 0.25) is 0 Å². The van der Waals surface area contributed by atoms with Gasteiger partial charge in [0.15, 0.2) is 5.82 Å². The number of unbranched alkanes of at least 4 members (excludes halogenated alkanes) is 10. The van der Waals surface area contributed by atoms with Gasteiger partial charge in [-0.3, -0.25) is 0 Å². The molecule has 0 N–H and O–H groups in total.